The van der Waals surface area contributed by atoms with E-state index in [1.807, 2.05) is 0 Å². The number of hydrogen-bond donors (Lipinski definition) is 1. The third kappa shape index (κ3) is 5.11. The highest BCUT2D eigenvalue weighted by atomic mass is 19.4. The molecule has 0 bridgehead atoms. The molecule has 3 nitrogen and oxygen atoms in total. The monoisotopic (exact) mass is 308 g/mol. The molecule has 0 aliphatic carbocycles. The summed E-state index contributed by atoms with van der Waals surface area (Å²) in [5.41, 5.74) is 0. The fourth-order valence-electron chi connectivity index (χ4n) is 3.33. The van der Waals surface area contributed by atoms with Crippen molar-refractivity contribution in [1.82, 2.24) is 9.80 Å². The van der Waals surface area contributed by atoms with Crippen LogP contribution < -0.4 is 0 Å². The summed E-state index contributed by atoms with van der Waals surface area (Å²) in [6.07, 6.45) is -3.24. The molecule has 0 aromatic rings. The lowest BCUT2D eigenvalue weighted by Crippen LogP contribution is -2.45. The minimum atomic E-state index is -4.47. The Balaban J connectivity index is 1.65. The normalized spacial score (nSPS) is 26.1. The van der Waals surface area contributed by atoms with Gasteiger partial charge in [-0.15, -0.1) is 0 Å². The minimum Gasteiger partial charge on any atom is -0.383 e. The summed E-state index contributed by atoms with van der Waals surface area (Å²) in [4.78, 5) is 4.69. The summed E-state index contributed by atoms with van der Waals surface area (Å²) in [5, 5.41) is 9.30. The second kappa shape index (κ2) is 7.29. The van der Waals surface area contributed by atoms with E-state index in [1.54, 1.807) is 0 Å². The van der Waals surface area contributed by atoms with Crippen LogP contribution in [-0.2, 0) is 0 Å². The first-order valence-corrected chi connectivity index (χ1v) is 8.05. The quantitative estimate of drug-likeness (QED) is 0.864. The number of alkyl halides is 3. The predicted molar refractivity (Wildman–Crippen MR) is 76.1 cm³/mol. The number of piperidine rings is 2. The summed E-state index contributed by atoms with van der Waals surface area (Å²) < 4.78 is 37.4. The number of aliphatic hydroxyl groups excluding tert-OH is 1. The van der Waals surface area contributed by atoms with E-state index in [0.717, 1.165) is 32.1 Å². The van der Waals surface area contributed by atoms with Crippen molar-refractivity contribution in [2.45, 2.75) is 44.9 Å². The lowest BCUT2D eigenvalue weighted by atomic mass is 9.91. The first-order valence-electron chi connectivity index (χ1n) is 8.05. The van der Waals surface area contributed by atoms with Gasteiger partial charge in [-0.1, -0.05) is 6.92 Å². The molecule has 21 heavy (non-hydrogen) atoms. The molecule has 1 atom stereocenters. The molecule has 2 rings (SSSR count). The highest BCUT2D eigenvalue weighted by Crippen LogP contribution is 2.31. The number of aliphatic hydroxyl groups is 1. The molecule has 124 valence electrons. The van der Waals surface area contributed by atoms with Crippen LogP contribution in [0.25, 0.3) is 0 Å². The summed E-state index contributed by atoms with van der Waals surface area (Å²) in [5.74, 6) is 0.193. The summed E-state index contributed by atoms with van der Waals surface area (Å²) in [6.45, 7) is 7.86. The third-order valence-electron chi connectivity index (χ3n) is 5.02. The van der Waals surface area contributed by atoms with E-state index < -0.39 is 18.2 Å². The zero-order valence-corrected chi connectivity index (χ0v) is 12.8. The van der Waals surface area contributed by atoms with Crippen molar-refractivity contribution in [3.63, 3.8) is 0 Å². The van der Waals surface area contributed by atoms with E-state index in [4.69, 9.17) is 0 Å². The van der Waals surface area contributed by atoms with Gasteiger partial charge in [0.1, 0.15) is 0 Å². The van der Waals surface area contributed by atoms with Crippen LogP contribution >= 0.6 is 0 Å². The summed E-state index contributed by atoms with van der Waals surface area (Å²) >= 11 is 0. The van der Waals surface area contributed by atoms with E-state index in [2.05, 4.69) is 16.7 Å². The smallest absolute Gasteiger partial charge is 0.383 e. The first-order chi connectivity index (χ1) is 9.86. The SMILES string of the molecule is CC1CCN(CCN2CCC(C(O)C(F)(F)F)CC2)CC1. The van der Waals surface area contributed by atoms with Crippen LogP contribution in [0.1, 0.15) is 32.6 Å². The van der Waals surface area contributed by atoms with E-state index in [0.29, 0.717) is 25.9 Å². The maximum absolute atomic E-state index is 12.5. The number of rotatable bonds is 4. The molecule has 0 aromatic carbocycles. The fraction of sp³-hybridized carbons (Fsp3) is 1.00. The minimum absolute atomic E-state index is 0.442. The molecule has 2 fully saturated rings. The van der Waals surface area contributed by atoms with Gasteiger partial charge in [-0.2, -0.15) is 13.2 Å². The molecular formula is C15H27F3N2O. The zero-order chi connectivity index (χ0) is 15.5. The van der Waals surface area contributed by atoms with Crippen LogP contribution in [0, 0.1) is 11.8 Å². The lowest BCUT2D eigenvalue weighted by Gasteiger charge is -2.36. The highest BCUT2D eigenvalue weighted by Gasteiger charge is 2.44. The number of hydrogen-bond acceptors (Lipinski definition) is 3. The summed E-state index contributed by atoms with van der Waals surface area (Å²) in [6, 6.07) is 0. The van der Waals surface area contributed by atoms with Crippen LogP contribution in [0.5, 0.6) is 0 Å². The Morgan fingerprint density at radius 2 is 1.38 bits per heavy atom. The third-order valence-corrected chi connectivity index (χ3v) is 5.02. The van der Waals surface area contributed by atoms with Crippen molar-refractivity contribution in [3.8, 4) is 0 Å². The molecule has 0 radical (unpaired) electrons. The van der Waals surface area contributed by atoms with Crippen molar-refractivity contribution >= 4 is 0 Å². The Bertz CT molecular complexity index is 309. The van der Waals surface area contributed by atoms with Crippen molar-refractivity contribution in [2.75, 3.05) is 39.3 Å². The van der Waals surface area contributed by atoms with E-state index in [1.165, 1.54) is 12.8 Å². The topological polar surface area (TPSA) is 26.7 Å². The van der Waals surface area contributed by atoms with Crippen molar-refractivity contribution in [2.24, 2.45) is 11.8 Å². The molecule has 2 heterocycles. The van der Waals surface area contributed by atoms with Gasteiger partial charge in [-0.3, -0.25) is 0 Å². The Morgan fingerprint density at radius 1 is 0.952 bits per heavy atom. The molecule has 0 spiro atoms. The number of halogens is 3. The van der Waals surface area contributed by atoms with Crippen LogP contribution in [-0.4, -0.2) is 66.5 Å². The standard InChI is InChI=1S/C15H27F3N2O/c1-12-2-6-19(7-3-12)10-11-20-8-4-13(5-9-20)14(21)15(16,17)18/h12-14,21H,2-11H2,1H3. The molecule has 0 aromatic heterocycles. The van der Waals surface area contributed by atoms with Crippen LogP contribution in [0.4, 0.5) is 13.2 Å². The Labute approximate surface area is 125 Å². The molecule has 0 amide bonds. The lowest BCUT2D eigenvalue weighted by molar-refractivity contribution is -0.223. The number of nitrogens with zero attached hydrogens (tertiary/aromatic N) is 2. The van der Waals surface area contributed by atoms with Crippen molar-refractivity contribution in [1.29, 1.82) is 0 Å². The zero-order valence-electron chi connectivity index (χ0n) is 12.8. The van der Waals surface area contributed by atoms with Gasteiger partial charge >= 0.3 is 6.18 Å². The maximum Gasteiger partial charge on any atom is 0.414 e. The molecule has 2 aliphatic heterocycles. The molecule has 1 unspecified atom stereocenters. The Kier molecular flexibility index (Phi) is 5.91. The molecule has 0 saturated carbocycles. The largest absolute Gasteiger partial charge is 0.414 e. The molecular weight excluding hydrogens is 281 g/mol. The number of likely N-dealkylation sites (tertiary alicyclic amines) is 2. The van der Waals surface area contributed by atoms with Gasteiger partial charge in [0.15, 0.2) is 6.10 Å². The van der Waals surface area contributed by atoms with Gasteiger partial charge in [-0.25, -0.2) is 0 Å². The van der Waals surface area contributed by atoms with Crippen LogP contribution in [0.3, 0.4) is 0 Å². The Morgan fingerprint density at radius 3 is 1.81 bits per heavy atom. The van der Waals surface area contributed by atoms with E-state index in [9.17, 15) is 18.3 Å². The second-order valence-corrected chi connectivity index (χ2v) is 6.69. The molecule has 6 heteroatoms. The molecule has 1 N–H and O–H groups in total. The highest BCUT2D eigenvalue weighted by molar-refractivity contribution is 4.82. The molecule has 2 aliphatic rings. The second-order valence-electron chi connectivity index (χ2n) is 6.69. The predicted octanol–water partition coefficient (Wildman–Crippen LogP) is 2.35. The van der Waals surface area contributed by atoms with Gasteiger partial charge in [0, 0.05) is 13.1 Å². The maximum atomic E-state index is 12.5. The van der Waals surface area contributed by atoms with E-state index >= 15 is 0 Å². The van der Waals surface area contributed by atoms with Crippen LogP contribution in [0.2, 0.25) is 0 Å². The van der Waals surface area contributed by atoms with E-state index in [-0.39, 0.29) is 0 Å². The Hall–Kier alpha value is -0.330. The van der Waals surface area contributed by atoms with Gasteiger partial charge in [0.25, 0.3) is 0 Å². The average Bonchev–Trinajstić information content (AvgIpc) is 2.45. The molecule has 2 saturated heterocycles. The summed E-state index contributed by atoms with van der Waals surface area (Å²) in [7, 11) is 0. The van der Waals surface area contributed by atoms with Gasteiger partial charge < -0.3 is 14.9 Å². The van der Waals surface area contributed by atoms with Gasteiger partial charge in [-0.05, 0) is 63.7 Å². The first kappa shape index (κ1) is 17.0. The van der Waals surface area contributed by atoms with Gasteiger partial charge in [0.05, 0.1) is 0 Å². The van der Waals surface area contributed by atoms with Gasteiger partial charge in [0.2, 0.25) is 0 Å². The fourth-order valence-corrected chi connectivity index (χ4v) is 3.33. The van der Waals surface area contributed by atoms with Crippen molar-refractivity contribution in [3.05, 3.63) is 0 Å². The van der Waals surface area contributed by atoms with Crippen LogP contribution in [0.15, 0.2) is 0 Å². The average molecular weight is 308 g/mol. The van der Waals surface area contributed by atoms with Crippen molar-refractivity contribution < 1.29 is 18.3 Å².